The summed E-state index contributed by atoms with van der Waals surface area (Å²) in [6, 6.07) is 8.48. The van der Waals surface area contributed by atoms with Crippen LogP contribution in [0.2, 0.25) is 0 Å². The predicted molar refractivity (Wildman–Crippen MR) is 74.8 cm³/mol. The molecule has 1 amide bonds. The largest absolute Gasteiger partial charge is 0.321 e. The highest BCUT2D eigenvalue weighted by atomic mass is 32.2. The minimum atomic E-state index is -3.84. The van der Waals surface area contributed by atoms with Crippen molar-refractivity contribution in [2.75, 3.05) is 10.0 Å². The lowest BCUT2D eigenvalue weighted by Gasteiger charge is -2.10. The number of amides is 1. The Morgan fingerprint density at radius 3 is 2.50 bits per heavy atom. The summed E-state index contributed by atoms with van der Waals surface area (Å²) >= 11 is 0. The number of para-hydroxylation sites is 1. The molecule has 2 rings (SSSR count). The highest BCUT2D eigenvalue weighted by molar-refractivity contribution is 7.92. The molecule has 7 nitrogen and oxygen atoms in total. The first kappa shape index (κ1) is 14.1. The van der Waals surface area contributed by atoms with Crippen molar-refractivity contribution in [1.29, 1.82) is 0 Å². The van der Waals surface area contributed by atoms with E-state index in [0.717, 1.165) is 0 Å². The molecule has 0 unspecified atom stereocenters. The first-order valence-electron chi connectivity index (χ1n) is 5.77. The Hall–Kier alpha value is -2.35. The molecule has 0 atom stereocenters. The minimum absolute atomic E-state index is 0.00318. The third-order valence-electron chi connectivity index (χ3n) is 2.46. The molecule has 2 aromatic rings. The molecule has 8 heteroatoms. The second-order valence-electron chi connectivity index (χ2n) is 4.16. The van der Waals surface area contributed by atoms with Crippen LogP contribution in [-0.4, -0.2) is 23.9 Å². The van der Waals surface area contributed by atoms with E-state index in [2.05, 4.69) is 15.0 Å². The summed E-state index contributed by atoms with van der Waals surface area (Å²) in [5.41, 5.74) is 0.433. The lowest BCUT2D eigenvalue weighted by Crippen LogP contribution is -2.19. The van der Waals surface area contributed by atoms with Crippen molar-refractivity contribution in [1.82, 2.24) is 9.55 Å². The molecule has 0 bridgehead atoms. The number of benzene rings is 1. The summed E-state index contributed by atoms with van der Waals surface area (Å²) in [7, 11) is -2.30. The molecule has 0 radical (unpaired) electrons. The Labute approximate surface area is 116 Å². The number of rotatable bonds is 4. The van der Waals surface area contributed by atoms with Crippen molar-refractivity contribution >= 4 is 27.4 Å². The number of hydrogen-bond acceptors (Lipinski definition) is 4. The van der Waals surface area contributed by atoms with Crippen LogP contribution in [0.25, 0.3) is 0 Å². The molecule has 0 spiro atoms. The average molecular weight is 294 g/mol. The van der Waals surface area contributed by atoms with Crippen molar-refractivity contribution < 1.29 is 13.2 Å². The average Bonchev–Trinajstić information content (AvgIpc) is 2.71. The fourth-order valence-corrected chi connectivity index (χ4v) is 3.03. The fourth-order valence-electron chi connectivity index (χ4n) is 1.70. The number of anilines is 2. The standard InChI is InChI=1S/C12H14N4O3S/c1-9(17)14-11-12(16(2)8-13-11)20(18,19)15-10-6-4-3-5-7-10/h3-8,15H,1-2H3,(H,14,17). The van der Waals surface area contributed by atoms with E-state index in [0.29, 0.717) is 5.69 Å². The lowest BCUT2D eigenvalue weighted by atomic mass is 10.3. The highest BCUT2D eigenvalue weighted by Gasteiger charge is 2.24. The molecule has 0 aliphatic heterocycles. The summed E-state index contributed by atoms with van der Waals surface area (Å²) in [4.78, 5) is 15.0. The van der Waals surface area contributed by atoms with Crippen molar-refractivity contribution in [2.45, 2.75) is 11.9 Å². The molecule has 1 aromatic carbocycles. The van der Waals surface area contributed by atoms with E-state index in [-0.39, 0.29) is 16.8 Å². The van der Waals surface area contributed by atoms with Crippen LogP contribution in [-0.2, 0) is 21.9 Å². The summed E-state index contributed by atoms with van der Waals surface area (Å²) in [6.07, 6.45) is 1.32. The number of nitrogens with zero attached hydrogens (tertiary/aromatic N) is 2. The Morgan fingerprint density at radius 1 is 1.25 bits per heavy atom. The number of carbonyl (C=O) groups is 1. The predicted octanol–water partition coefficient (Wildman–Crippen LogP) is 1.18. The fraction of sp³-hybridized carbons (Fsp3) is 0.167. The monoisotopic (exact) mass is 294 g/mol. The van der Waals surface area contributed by atoms with Crippen molar-refractivity contribution in [2.24, 2.45) is 7.05 Å². The summed E-state index contributed by atoms with van der Waals surface area (Å²) in [5, 5.41) is 2.30. The zero-order valence-electron chi connectivity index (χ0n) is 11.0. The van der Waals surface area contributed by atoms with Gasteiger partial charge in [-0.05, 0) is 12.1 Å². The van der Waals surface area contributed by atoms with E-state index in [1.807, 2.05) is 0 Å². The minimum Gasteiger partial charge on any atom is -0.321 e. The maximum Gasteiger partial charge on any atom is 0.281 e. The lowest BCUT2D eigenvalue weighted by molar-refractivity contribution is -0.114. The number of carbonyl (C=O) groups excluding carboxylic acids is 1. The van der Waals surface area contributed by atoms with Crippen LogP contribution < -0.4 is 10.0 Å². The van der Waals surface area contributed by atoms with Crippen LogP contribution in [0.3, 0.4) is 0 Å². The SMILES string of the molecule is CC(=O)Nc1ncn(C)c1S(=O)(=O)Nc1ccccc1. The van der Waals surface area contributed by atoms with Gasteiger partial charge < -0.3 is 9.88 Å². The molecular weight excluding hydrogens is 280 g/mol. The molecule has 0 fully saturated rings. The van der Waals surface area contributed by atoms with Crippen molar-refractivity contribution in [3.05, 3.63) is 36.7 Å². The van der Waals surface area contributed by atoms with Gasteiger partial charge in [0.15, 0.2) is 10.8 Å². The van der Waals surface area contributed by atoms with E-state index < -0.39 is 10.0 Å². The number of aryl methyl sites for hydroxylation is 1. The molecule has 106 valence electrons. The van der Waals surface area contributed by atoms with Crippen LogP contribution in [0, 0.1) is 0 Å². The Kier molecular flexibility index (Phi) is 3.75. The van der Waals surface area contributed by atoms with Crippen molar-refractivity contribution in [3.8, 4) is 0 Å². The van der Waals surface area contributed by atoms with Gasteiger partial charge in [0.1, 0.15) is 0 Å². The molecule has 1 heterocycles. The third-order valence-corrected chi connectivity index (χ3v) is 3.95. The molecule has 20 heavy (non-hydrogen) atoms. The number of sulfonamides is 1. The van der Waals surface area contributed by atoms with E-state index in [9.17, 15) is 13.2 Å². The normalized spacial score (nSPS) is 11.1. The van der Waals surface area contributed by atoms with E-state index >= 15 is 0 Å². The smallest absolute Gasteiger partial charge is 0.281 e. The molecule has 1 aromatic heterocycles. The van der Waals surface area contributed by atoms with Gasteiger partial charge in [-0.3, -0.25) is 9.52 Å². The molecule has 2 N–H and O–H groups in total. The van der Waals surface area contributed by atoms with Crippen molar-refractivity contribution in [3.63, 3.8) is 0 Å². The Balaban J connectivity index is 2.39. The number of aromatic nitrogens is 2. The zero-order chi connectivity index (χ0) is 14.8. The summed E-state index contributed by atoms with van der Waals surface area (Å²) < 4.78 is 28.5. The molecule has 0 saturated carbocycles. The topological polar surface area (TPSA) is 93.1 Å². The van der Waals surface area contributed by atoms with Gasteiger partial charge in [0.25, 0.3) is 10.0 Å². The van der Waals surface area contributed by atoms with Gasteiger partial charge in [-0.15, -0.1) is 0 Å². The zero-order valence-corrected chi connectivity index (χ0v) is 11.8. The van der Waals surface area contributed by atoms with Gasteiger partial charge in [0, 0.05) is 19.7 Å². The molecular formula is C12H14N4O3S. The van der Waals surface area contributed by atoms with E-state index in [1.165, 1.54) is 24.9 Å². The quantitative estimate of drug-likeness (QED) is 0.885. The van der Waals surface area contributed by atoms with Crippen LogP contribution in [0.1, 0.15) is 6.92 Å². The first-order valence-corrected chi connectivity index (χ1v) is 7.25. The van der Waals surface area contributed by atoms with Gasteiger partial charge in [0.2, 0.25) is 5.91 Å². The highest BCUT2D eigenvalue weighted by Crippen LogP contribution is 2.21. The van der Waals surface area contributed by atoms with Crippen LogP contribution in [0.5, 0.6) is 0 Å². The summed E-state index contributed by atoms with van der Waals surface area (Å²) in [6.45, 7) is 1.29. The Bertz CT molecular complexity index is 722. The van der Waals surface area contributed by atoms with Gasteiger partial charge in [-0.2, -0.15) is 8.42 Å². The van der Waals surface area contributed by atoms with E-state index in [1.54, 1.807) is 30.3 Å². The number of imidazole rings is 1. The molecule has 0 aliphatic carbocycles. The van der Waals surface area contributed by atoms with Crippen LogP contribution >= 0.6 is 0 Å². The third kappa shape index (κ3) is 2.97. The number of nitrogens with one attached hydrogen (secondary N) is 2. The second-order valence-corrected chi connectivity index (χ2v) is 5.76. The molecule has 0 aliphatic rings. The van der Waals surface area contributed by atoms with E-state index in [4.69, 9.17) is 0 Å². The second kappa shape index (κ2) is 5.33. The van der Waals surface area contributed by atoms with Gasteiger partial charge in [-0.1, -0.05) is 18.2 Å². The number of hydrogen-bond donors (Lipinski definition) is 2. The van der Waals surface area contributed by atoms with Gasteiger partial charge in [0.05, 0.1) is 6.33 Å². The van der Waals surface area contributed by atoms with Gasteiger partial charge >= 0.3 is 0 Å². The first-order chi connectivity index (χ1) is 9.40. The van der Waals surface area contributed by atoms with Crippen LogP contribution in [0.15, 0.2) is 41.7 Å². The maximum atomic E-state index is 12.4. The van der Waals surface area contributed by atoms with Crippen LogP contribution in [0.4, 0.5) is 11.5 Å². The maximum absolute atomic E-state index is 12.4. The van der Waals surface area contributed by atoms with Gasteiger partial charge in [-0.25, -0.2) is 4.98 Å². The summed E-state index contributed by atoms with van der Waals surface area (Å²) in [5.74, 6) is -0.386. The Morgan fingerprint density at radius 2 is 1.90 bits per heavy atom. The molecule has 0 saturated heterocycles.